The second kappa shape index (κ2) is 8.77. The first-order valence-corrected chi connectivity index (χ1v) is 7.38. The summed E-state index contributed by atoms with van der Waals surface area (Å²) in [6.07, 6.45) is 6.40. The average molecular weight is 270 g/mol. The predicted octanol–water partition coefficient (Wildman–Crippen LogP) is 2.46. The lowest BCUT2D eigenvalue weighted by molar-refractivity contribution is -0.137. The fourth-order valence-corrected chi connectivity index (χ4v) is 2.23. The molecule has 5 heteroatoms. The molecule has 1 aliphatic rings. The summed E-state index contributed by atoms with van der Waals surface area (Å²) in [6, 6.07) is 0.0210. The predicted molar refractivity (Wildman–Crippen MR) is 74.1 cm³/mol. The summed E-state index contributed by atoms with van der Waals surface area (Å²) < 4.78 is 0. The maximum atomic E-state index is 11.9. The number of unbranched alkanes of at least 4 members (excludes halogenated alkanes) is 2. The minimum atomic E-state index is -0.748. The number of carbonyl (C=O) groups excluding carboxylic acids is 1. The van der Waals surface area contributed by atoms with Gasteiger partial charge in [0.15, 0.2) is 0 Å². The molecule has 0 spiro atoms. The Morgan fingerprint density at radius 3 is 2.53 bits per heavy atom. The van der Waals surface area contributed by atoms with Gasteiger partial charge in [0.25, 0.3) is 0 Å². The van der Waals surface area contributed by atoms with Crippen molar-refractivity contribution < 1.29 is 14.7 Å². The van der Waals surface area contributed by atoms with E-state index < -0.39 is 5.97 Å². The topological polar surface area (TPSA) is 69.6 Å². The van der Waals surface area contributed by atoms with Gasteiger partial charge in [-0.3, -0.25) is 4.79 Å². The second-order valence-corrected chi connectivity index (χ2v) is 5.27. The van der Waals surface area contributed by atoms with Crippen LogP contribution in [0.15, 0.2) is 0 Å². The van der Waals surface area contributed by atoms with Crippen LogP contribution in [0.1, 0.15) is 51.9 Å². The van der Waals surface area contributed by atoms with Crippen LogP contribution in [0.25, 0.3) is 0 Å². The Morgan fingerprint density at radius 2 is 2.00 bits per heavy atom. The summed E-state index contributed by atoms with van der Waals surface area (Å²) in [5.74, 6) is -0.0528. The van der Waals surface area contributed by atoms with E-state index in [1.54, 1.807) is 0 Å². The third kappa shape index (κ3) is 6.45. The lowest BCUT2D eigenvalue weighted by atomic mass is 9.85. The number of hydrogen-bond acceptors (Lipinski definition) is 2. The number of nitrogens with one attached hydrogen (secondary N) is 1. The van der Waals surface area contributed by atoms with Crippen molar-refractivity contribution >= 4 is 12.0 Å². The minimum Gasteiger partial charge on any atom is -0.481 e. The lowest BCUT2D eigenvalue weighted by Crippen LogP contribution is -2.43. The molecule has 1 saturated carbocycles. The van der Waals surface area contributed by atoms with Crippen LogP contribution in [0.3, 0.4) is 0 Å². The van der Waals surface area contributed by atoms with Crippen molar-refractivity contribution in [1.29, 1.82) is 0 Å². The van der Waals surface area contributed by atoms with Crippen LogP contribution < -0.4 is 5.32 Å². The van der Waals surface area contributed by atoms with Gasteiger partial charge in [0.05, 0.1) is 0 Å². The van der Waals surface area contributed by atoms with Crippen molar-refractivity contribution in [3.05, 3.63) is 0 Å². The summed E-state index contributed by atoms with van der Waals surface area (Å²) in [7, 11) is 0. The number of carboxylic acids is 1. The molecule has 0 radical (unpaired) electrons. The van der Waals surface area contributed by atoms with E-state index in [1.807, 2.05) is 11.8 Å². The molecular formula is C14H26N2O3. The van der Waals surface area contributed by atoms with E-state index in [2.05, 4.69) is 5.32 Å². The van der Waals surface area contributed by atoms with Gasteiger partial charge in [0.2, 0.25) is 0 Å². The standard InChI is InChI=1S/C14H26N2O3/c1-2-16(11-12-7-6-8-12)14(19)15-10-5-3-4-9-13(17)18/h12H,2-11H2,1H3,(H,15,19)(H,17,18). The molecule has 1 fully saturated rings. The Morgan fingerprint density at radius 1 is 1.26 bits per heavy atom. The van der Waals surface area contributed by atoms with E-state index in [0.717, 1.165) is 25.9 Å². The van der Waals surface area contributed by atoms with Crippen molar-refractivity contribution in [3.63, 3.8) is 0 Å². The third-order valence-corrected chi connectivity index (χ3v) is 3.72. The summed E-state index contributed by atoms with van der Waals surface area (Å²) in [5, 5.41) is 11.4. The smallest absolute Gasteiger partial charge is 0.317 e. The molecule has 2 N–H and O–H groups in total. The number of amides is 2. The van der Waals surface area contributed by atoms with E-state index in [1.165, 1.54) is 19.3 Å². The quantitative estimate of drug-likeness (QED) is 0.632. The maximum Gasteiger partial charge on any atom is 0.317 e. The molecule has 0 aromatic rings. The van der Waals surface area contributed by atoms with E-state index >= 15 is 0 Å². The molecule has 0 aromatic carbocycles. The lowest BCUT2D eigenvalue weighted by Gasteiger charge is -2.31. The zero-order chi connectivity index (χ0) is 14.1. The largest absolute Gasteiger partial charge is 0.481 e. The highest BCUT2D eigenvalue weighted by molar-refractivity contribution is 5.74. The molecule has 1 aliphatic carbocycles. The van der Waals surface area contributed by atoms with Gasteiger partial charge >= 0.3 is 12.0 Å². The number of carbonyl (C=O) groups is 2. The fraction of sp³-hybridized carbons (Fsp3) is 0.857. The monoisotopic (exact) mass is 270 g/mol. The highest BCUT2D eigenvalue weighted by Gasteiger charge is 2.22. The molecule has 110 valence electrons. The van der Waals surface area contributed by atoms with Crippen LogP contribution >= 0.6 is 0 Å². The fourth-order valence-electron chi connectivity index (χ4n) is 2.23. The number of hydrogen-bond donors (Lipinski definition) is 2. The zero-order valence-corrected chi connectivity index (χ0v) is 11.9. The Hall–Kier alpha value is -1.26. The van der Waals surface area contributed by atoms with E-state index in [-0.39, 0.29) is 12.5 Å². The Balaban J connectivity index is 2.05. The highest BCUT2D eigenvalue weighted by Crippen LogP contribution is 2.26. The Kier molecular flexibility index (Phi) is 7.30. The molecule has 19 heavy (non-hydrogen) atoms. The number of aliphatic carboxylic acids is 1. The molecule has 0 unspecified atom stereocenters. The van der Waals surface area contributed by atoms with Gasteiger partial charge in [-0.25, -0.2) is 4.79 Å². The first-order valence-electron chi connectivity index (χ1n) is 7.38. The van der Waals surface area contributed by atoms with E-state index in [0.29, 0.717) is 18.9 Å². The van der Waals surface area contributed by atoms with E-state index in [4.69, 9.17) is 5.11 Å². The summed E-state index contributed by atoms with van der Waals surface area (Å²) in [6.45, 7) is 4.27. The molecule has 0 atom stereocenters. The van der Waals surface area contributed by atoms with Crippen LogP contribution in [0.2, 0.25) is 0 Å². The van der Waals surface area contributed by atoms with Crippen molar-refractivity contribution in [2.75, 3.05) is 19.6 Å². The maximum absolute atomic E-state index is 11.9. The first-order chi connectivity index (χ1) is 9.13. The average Bonchev–Trinajstić information content (AvgIpc) is 2.32. The number of rotatable bonds is 9. The highest BCUT2D eigenvalue weighted by atomic mass is 16.4. The SMILES string of the molecule is CCN(CC1CCC1)C(=O)NCCCCCC(=O)O. The van der Waals surface area contributed by atoms with Crippen molar-refractivity contribution in [2.45, 2.75) is 51.9 Å². The molecule has 0 heterocycles. The number of carboxylic acid groups (broad SMARTS) is 1. The van der Waals surface area contributed by atoms with Crippen LogP contribution in [0.4, 0.5) is 4.79 Å². The Bertz CT molecular complexity index is 290. The molecule has 1 rings (SSSR count). The third-order valence-electron chi connectivity index (χ3n) is 3.72. The van der Waals surface area contributed by atoms with E-state index in [9.17, 15) is 9.59 Å². The molecule has 0 saturated heterocycles. The van der Waals surface area contributed by atoms with Crippen LogP contribution in [-0.2, 0) is 4.79 Å². The van der Waals surface area contributed by atoms with Gasteiger partial charge in [0.1, 0.15) is 0 Å². The number of nitrogens with zero attached hydrogens (tertiary/aromatic N) is 1. The zero-order valence-electron chi connectivity index (χ0n) is 11.9. The van der Waals surface area contributed by atoms with Gasteiger partial charge in [-0.2, -0.15) is 0 Å². The van der Waals surface area contributed by atoms with Gasteiger partial charge in [-0.1, -0.05) is 12.8 Å². The normalized spacial score (nSPS) is 14.8. The van der Waals surface area contributed by atoms with Crippen LogP contribution in [-0.4, -0.2) is 41.6 Å². The van der Waals surface area contributed by atoms with Crippen molar-refractivity contribution in [1.82, 2.24) is 10.2 Å². The molecule has 5 nitrogen and oxygen atoms in total. The second-order valence-electron chi connectivity index (χ2n) is 5.27. The molecular weight excluding hydrogens is 244 g/mol. The van der Waals surface area contributed by atoms with Gasteiger partial charge in [0, 0.05) is 26.1 Å². The Labute approximate surface area is 115 Å². The minimum absolute atomic E-state index is 0.0210. The van der Waals surface area contributed by atoms with Gasteiger partial charge in [-0.15, -0.1) is 0 Å². The molecule has 0 bridgehead atoms. The molecule has 2 amide bonds. The number of urea groups is 1. The molecule has 0 aromatic heterocycles. The van der Waals surface area contributed by atoms with Gasteiger partial charge < -0.3 is 15.3 Å². The van der Waals surface area contributed by atoms with Gasteiger partial charge in [-0.05, 0) is 38.5 Å². The summed E-state index contributed by atoms with van der Waals surface area (Å²) in [5.41, 5.74) is 0. The summed E-state index contributed by atoms with van der Waals surface area (Å²) in [4.78, 5) is 24.1. The summed E-state index contributed by atoms with van der Waals surface area (Å²) >= 11 is 0. The first kappa shape index (κ1) is 15.8. The molecule has 0 aliphatic heterocycles. The van der Waals surface area contributed by atoms with Crippen molar-refractivity contribution in [3.8, 4) is 0 Å². The van der Waals surface area contributed by atoms with Crippen molar-refractivity contribution in [2.24, 2.45) is 5.92 Å². The van der Waals surface area contributed by atoms with Crippen LogP contribution in [0, 0.1) is 5.92 Å². The van der Waals surface area contributed by atoms with Crippen LogP contribution in [0.5, 0.6) is 0 Å².